The number of rotatable bonds is 6. The van der Waals surface area contributed by atoms with Crippen LogP contribution in [0.1, 0.15) is 63.5 Å². The molecule has 0 spiro atoms. The highest BCUT2D eigenvalue weighted by molar-refractivity contribution is 5.76. The van der Waals surface area contributed by atoms with Crippen LogP contribution in [0.25, 0.3) is 0 Å². The Hall–Kier alpha value is -1.87. The SMILES string of the molecule is CN1CCC(N(C)C(=O)CCC2CCCN(Cc3ccc(C#CC(C)(C)O)cc3)C2)CC1. The quantitative estimate of drug-likeness (QED) is 0.691. The molecule has 1 amide bonds. The average Bonchev–Trinajstić information content (AvgIpc) is 2.77. The van der Waals surface area contributed by atoms with Gasteiger partial charge >= 0.3 is 0 Å². The number of piperidine rings is 2. The van der Waals surface area contributed by atoms with Gasteiger partial charge in [-0.05, 0) is 96.2 Å². The zero-order valence-corrected chi connectivity index (χ0v) is 20.4. The molecule has 2 fully saturated rings. The summed E-state index contributed by atoms with van der Waals surface area (Å²) in [7, 11) is 4.16. The molecule has 2 saturated heterocycles. The fourth-order valence-corrected chi connectivity index (χ4v) is 4.80. The average molecular weight is 440 g/mol. The van der Waals surface area contributed by atoms with Crippen LogP contribution < -0.4 is 0 Å². The van der Waals surface area contributed by atoms with Crippen LogP contribution in [-0.4, -0.2) is 77.6 Å². The van der Waals surface area contributed by atoms with Gasteiger partial charge in [0, 0.05) is 38.2 Å². The van der Waals surface area contributed by atoms with Crippen molar-refractivity contribution in [2.75, 3.05) is 40.3 Å². The van der Waals surface area contributed by atoms with Crippen molar-refractivity contribution < 1.29 is 9.90 Å². The van der Waals surface area contributed by atoms with Gasteiger partial charge in [0.15, 0.2) is 0 Å². The molecule has 0 aliphatic carbocycles. The third-order valence-electron chi connectivity index (χ3n) is 6.87. The fourth-order valence-electron chi connectivity index (χ4n) is 4.80. The molecular formula is C27H41N3O2. The predicted octanol–water partition coefficient (Wildman–Crippen LogP) is 3.35. The molecule has 0 saturated carbocycles. The minimum Gasteiger partial charge on any atom is -0.378 e. The number of carbonyl (C=O) groups excluding carboxylic acids is 1. The van der Waals surface area contributed by atoms with Crippen molar-refractivity contribution in [1.29, 1.82) is 0 Å². The summed E-state index contributed by atoms with van der Waals surface area (Å²) in [5, 5.41) is 9.75. The smallest absolute Gasteiger partial charge is 0.222 e. The van der Waals surface area contributed by atoms with Gasteiger partial charge in [0.2, 0.25) is 5.91 Å². The third kappa shape index (κ3) is 7.92. The van der Waals surface area contributed by atoms with E-state index in [1.165, 1.54) is 18.4 Å². The Labute approximate surface area is 194 Å². The van der Waals surface area contributed by atoms with Crippen LogP contribution in [0.5, 0.6) is 0 Å². The fraction of sp³-hybridized carbons (Fsp3) is 0.667. The van der Waals surface area contributed by atoms with Crippen molar-refractivity contribution in [3.8, 4) is 11.8 Å². The van der Waals surface area contributed by atoms with E-state index in [9.17, 15) is 9.90 Å². The molecule has 3 rings (SSSR count). The van der Waals surface area contributed by atoms with E-state index in [-0.39, 0.29) is 0 Å². The zero-order valence-electron chi connectivity index (χ0n) is 20.4. The zero-order chi connectivity index (χ0) is 23.1. The second-order valence-electron chi connectivity index (χ2n) is 10.3. The highest BCUT2D eigenvalue weighted by atomic mass is 16.3. The summed E-state index contributed by atoms with van der Waals surface area (Å²) >= 11 is 0. The van der Waals surface area contributed by atoms with Crippen LogP contribution in [0.15, 0.2) is 24.3 Å². The molecule has 5 nitrogen and oxygen atoms in total. The molecular weight excluding hydrogens is 398 g/mol. The van der Waals surface area contributed by atoms with E-state index < -0.39 is 5.60 Å². The molecule has 2 aliphatic heterocycles. The first kappa shape index (κ1) is 24.8. The van der Waals surface area contributed by atoms with E-state index >= 15 is 0 Å². The molecule has 0 aromatic heterocycles. The molecule has 5 heteroatoms. The molecule has 0 bridgehead atoms. The summed E-state index contributed by atoms with van der Waals surface area (Å²) in [6, 6.07) is 8.76. The first-order valence-corrected chi connectivity index (χ1v) is 12.2. The van der Waals surface area contributed by atoms with Gasteiger partial charge in [-0.15, -0.1) is 0 Å². The van der Waals surface area contributed by atoms with Crippen molar-refractivity contribution in [3.63, 3.8) is 0 Å². The van der Waals surface area contributed by atoms with Crippen LogP contribution >= 0.6 is 0 Å². The van der Waals surface area contributed by atoms with Gasteiger partial charge in [-0.3, -0.25) is 9.69 Å². The van der Waals surface area contributed by atoms with Crippen molar-refractivity contribution in [2.24, 2.45) is 5.92 Å². The normalized spacial score (nSPS) is 21.1. The maximum absolute atomic E-state index is 12.8. The number of nitrogens with zero attached hydrogens (tertiary/aromatic N) is 3. The molecule has 0 radical (unpaired) electrons. The largest absolute Gasteiger partial charge is 0.378 e. The highest BCUT2D eigenvalue weighted by Crippen LogP contribution is 2.24. The molecule has 2 aliphatic rings. The highest BCUT2D eigenvalue weighted by Gasteiger charge is 2.25. The summed E-state index contributed by atoms with van der Waals surface area (Å²) in [5.41, 5.74) is 1.25. The topological polar surface area (TPSA) is 47.0 Å². The molecule has 1 aromatic rings. The summed E-state index contributed by atoms with van der Waals surface area (Å²) in [6.45, 7) is 8.72. The van der Waals surface area contributed by atoms with Crippen LogP contribution in [0, 0.1) is 17.8 Å². The second kappa shape index (κ2) is 11.3. The molecule has 2 heterocycles. The van der Waals surface area contributed by atoms with E-state index in [1.807, 2.05) is 24.1 Å². The lowest BCUT2D eigenvalue weighted by Crippen LogP contribution is -2.44. The van der Waals surface area contributed by atoms with Gasteiger partial charge in [0.1, 0.15) is 5.60 Å². The number of amides is 1. The first-order chi connectivity index (χ1) is 15.2. The van der Waals surface area contributed by atoms with E-state index in [2.05, 4.69) is 40.8 Å². The molecule has 1 atom stereocenters. The van der Waals surface area contributed by atoms with Crippen molar-refractivity contribution in [3.05, 3.63) is 35.4 Å². The predicted molar refractivity (Wildman–Crippen MR) is 130 cm³/mol. The maximum atomic E-state index is 12.8. The summed E-state index contributed by atoms with van der Waals surface area (Å²) in [6.07, 6.45) is 6.30. The Morgan fingerprint density at radius 2 is 1.84 bits per heavy atom. The van der Waals surface area contributed by atoms with E-state index in [4.69, 9.17) is 0 Å². The number of benzene rings is 1. The van der Waals surface area contributed by atoms with E-state index in [0.717, 1.165) is 57.5 Å². The van der Waals surface area contributed by atoms with Gasteiger partial charge in [0.25, 0.3) is 0 Å². The van der Waals surface area contributed by atoms with E-state index in [0.29, 0.717) is 24.3 Å². The minimum absolute atomic E-state index is 0.319. The van der Waals surface area contributed by atoms with Crippen LogP contribution in [0.3, 0.4) is 0 Å². The number of hydrogen-bond donors (Lipinski definition) is 1. The van der Waals surface area contributed by atoms with Crippen LogP contribution in [0.2, 0.25) is 0 Å². The van der Waals surface area contributed by atoms with Gasteiger partial charge in [-0.2, -0.15) is 0 Å². The van der Waals surface area contributed by atoms with Crippen molar-refractivity contribution in [1.82, 2.24) is 14.7 Å². The lowest BCUT2D eigenvalue weighted by Gasteiger charge is -2.36. The molecule has 176 valence electrons. The van der Waals surface area contributed by atoms with Crippen LogP contribution in [0.4, 0.5) is 0 Å². The number of carbonyl (C=O) groups is 1. The summed E-state index contributed by atoms with van der Waals surface area (Å²) in [5.74, 6) is 6.82. The van der Waals surface area contributed by atoms with Crippen molar-refractivity contribution in [2.45, 2.75) is 70.6 Å². The molecule has 1 aromatic carbocycles. The second-order valence-corrected chi connectivity index (χ2v) is 10.3. The first-order valence-electron chi connectivity index (χ1n) is 12.2. The lowest BCUT2D eigenvalue weighted by atomic mass is 9.92. The van der Waals surface area contributed by atoms with E-state index in [1.54, 1.807) is 13.8 Å². The Morgan fingerprint density at radius 3 is 2.50 bits per heavy atom. The molecule has 32 heavy (non-hydrogen) atoms. The Bertz CT molecular complexity index is 795. The summed E-state index contributed by atoms with van der Waals surface area (Å²) in [4.78, 5) is 19.7. The Balaban J connectivity index is 1.44. The maximum Gasteiger partial charge on any atom is 0.222 e. The van der Waals surface area contributed by atoms with Gasteiger partial charge in [-0.1, -0.05) is 24.0 Å². The minimum atomic E-state index is -0.967. The van der Waals surface area contributed by atoms with Gasteiger partial charge < -0.3 is 14.9 Å². The van der Waals surface area contributed by atoms with Gasteiger partial charge in [-0.25, -0.2) is 0 Å². The number of hydrogen-bond acceptors (Lipinski definition) is 4. The monoisotopic (exact) mass is 439 g/mol. The molecule has 1 N–H and O–H groups in total. The Morgan fingerprint density at radius 1 is 1.16 bits per heavy atom. The molecule has 1 unspecified atom stereocenters. The number of aliphatic hydroxyl groups is 1. The Kier molecular flexibility index (Phi) is 8.76. The standard InChI is InChI=1S/C27H41N3O2/c1-27(2,32)16-13-22-7-9-24(10-8-22)21-30-17-5-6-23(20-30)11-12-26(31)29(4)25-14-18-28(3)19-15-25/h7-10,23,25,32H,5-6,11-12,14-15,17-21H2,1-4H3. The number of likely N-dealkylation sites (tertiary alicyclic amines) is 2. The third-order valence-corrected chi connectivity index (χ3v) is 6.87. The van der Waals surface area contributed by atoms with Crippen molar-refractivity contribution >= 4 is 5.91 Å². The van der Waals surface area contributed by atoms with Gasteiger partial charge in [0.05, 0.1) is 0 Å². The lowest BCUT2D eigenvalue weighted by molar-refractivity contribution is -0.133. The van der Waals surface area contributed by atoms with Crippen LogP contribution in [-0.2, 0) is 11.3 Å². The summed E-state index contributed by atoms with van der Waals surface area (Å²) < 4.78 is 0.